The van der Waals surface area contributed by atoms with Crippen LogP contribution in [0.4, 0.5) is 0 Å². The minimum atomic E-state index is -3.62. The van der Waals surface area contributed by atoms with Crippen LogP contribution in [-0.4, -0.2) is 42.3 Å². The summed E-state index contributed by atoms with van der Waals surface area (Å²) in [6, 6.07) is 3.05. The summed E-state index contributed by atoms with van der Waals surface area (Å²) in [6.07, 6.45) is 1.92. The predicted octanol–water partition coefficient (Wildman–Crippen LogP) is 2.17. The summed E-state index contributed by atoms with van der Waals surface area (Å²) < 4.78 is 38.5. The van der Waals surface area contributed by atoms with Crippen molar-refractivity contribution < 1.29 is 17.9 Å². The van der Waals surface area contributed by atoms with Crippen molar-refractivity contribution in [2.45, 2.75) is 17.7 Å². The van der Waals surface area contributed by atoms with Crippen molar-refractivity contribution in [3.05, 3.63) is 16.6 Å². The molecule has 0 aliphatic carbocycles. The molecule has 0 aromatic heterocycles. The molecule has 2 N–H and O–H groups in total. The molecule has 0 spiro atoms. The number of hydrogen-bond donors (Lipinski definition) is 2. The van der Waals surface area contributed by atoms with Crippen molar-refractivity contribution in [3.63, 3.8) is 0 Å². The van der Waals surface area contributed by atoms with E-state index in [9.17, 15) is 8.42 Å². The Bertz CT molecular complexity index is 621. The largest absolute Gasteiger partial charge is 0.495 e. The maximum Gasteiger partial charge on any atom is 0.244 e. The molecule has 1 aromatic carbocycles. The first kappa shape index (κ1) is 20.5. The van der Waals surface area contributed by atoms with E-state index in [0.29, 0.717) is 22.7 Å². The third-order valence-corrected chi connectivity index (χ3v) is 5.84. The molecule has 1 heterocycles. The lowest BCUT2D eigenvalue weighted by atomic mass is 10.1. The van der Waals surface area contributed by atoms with Crippen LogP contribution in [-0.2, 0) is 10.0 Å². The number of nitrogens with one attached hydrogen (secondary N) is 2. The summed E-state index contributed by atoms with van der Waals surface area (Å²) in [5.41, 5.74) is 0. The van der Waals surface area contributed by atoms with Crippen molar-refractivity contribution in [2.24, 2.45) is 5.92 Å². The highest BCUT2D eigenvalue weighted by atomic mass is 79.9. The minimum absolute atomic E-state index is 0. The fourth-order valence-corrected chi connectivity index (χ4v) is 4.36. The highest BCUT2D eigenvalue weighted by Gasteiger charge is 2.22. The quantitative estimate of drug-likeness (QED) is 0.695. The molecular formula is C14H22BrClN2O4S. The van der Waals surface area contributed by atoms with E-state index in [4.69, 9.17) is 9.47 Å². The molecule has 0 saturated carbocycles. The van der Waals surface area contributed by atoms with Crippen molar-refractivity contribution in [3.8, 4) is 11.5 Å². The van der Waals surface area contributed by atoms with Gasteiger partial charge in [-0.2, -0.15) is 0 Å². The van der Waals surface area contributed by atoms with Gasteiger partial charge in [0.05, 0.1) is 18.7 Å². The molecule has 132 valence electrons. The maximum atomic E-state index is 12.5. The zero-order valence-electron chi connectivity index (χ0n) is 13.1. The Balaban J connectivity index is 0.00000264. The van der Waals surface area contributed by atoms with Crippen LogP contribution < -0.4 is 19.5 Å². The molecule has 1 aromatic rings. The summed E-state index contributed by atoms with van der Waals surface area (Å²) in [4.78, 5) is 0.104. The average molecular weight is 430 g/mol. The molecule has 1 aliphatic rings. The first-order valence-corrected chi connectivity index (χ1v) is 9.37. The number of halogens is 2. The SMILES string of the molecule is COc1cc(OC)c(S(=O)(=O)NCCC2CCNC2)cc1Br.Cl. The number of ether oxygens (including phenoxy) is 2. The zero-order chi connectivity index (χ0) is 16.2. The molecule has 1 aliphatic heterocycles. The van der Waals surface area contributed by atoms with Gasteiger partial charge in [0.2, 0.25) is 10.0 Å². The van der Waals surface area contributed by atoms with E-state index in [2.05, 4.69) is 26.0 Å². The van der Waals surface area contributed by atoms with E-state index < -0.39 is 10.0 Å². The Morgan fingerprint density at radius 2 is 2.00 bits per heavy atom. The summed E-state index contributed by atoms with van der Waals surface area (Å²) >= 11 is 3.30. The summed E-state index contributed by atoms with van der Waals surface area (Å²) in [7, 11) is -0.671. The molecule has 0 bridgehead atoms. The lowest BCUT2D eigenvalue weighted by Crippen LogP contribution is -2.27. The molecule has 1 unspecified atom stereocenters. The van der Waals surface area contributed by atoms with Crippen LogP contribution >= 0.6 is 28.3 Å². The monoisotopic (exact) mass is 428 g/mol. The predicted molar refractivity (Wildman–Crippen MR) is 95.3 cm³/mol. The lowest BCUT2D eigenvalue weighted by Gasteiger charge is -2.14. The fraction of sp³-hybridized carbons (Fsp3) is 0.571. The van der Waals surface area contributed by atoms with Crippen LogP contribution in [0.3, 0.4) is 0 Å². The van der Waals surface area contributed by atoms with Gasteiger partial charge in [0, 0.05) is 12.6 Å². The maximum absolute atomic E-state index is 12.5. The number of rotatable bonds is 7. The lowest BCUT2D eigenvalue weighted by molar-refractivity contribution is 0.384. The van der Waals surface area contributed by atoms with Crippen molar-refractivity contribution >= 4 is 38.4 Å². The summed E-state index contributed by atoms with van der Waals surface area (Å²) in [6.45, 7) is 2.39. The average Bonchev–Trinajstić information content (AvgIpc) is 3.00. The van der Waals surface area contributed by atoms with Crippen LogP contribution in [0, 0.1) is 5.92 Å². The molecular weight excluding hydrogens is 408 g/mol. The van der Waals surface area contributed by atoms with E-state index in [1.807, 2.05) is 0 Å². The van der Waals surface area contributed by atoms with Crippen molar-refractivity contribution in [2.75, 3.05) is 33.9 Å². The van der Waals surface area contributed by atoms with Gasteiger partial charge >= 0.3 is 0 Å². The Morgan fingerprint density at radius 3 is 2.57 bits per heavy atom. The summed E-state index contributed by atoms with van der Waals surface area (Å²) in [5, 5.41) is 3.27. The fourth-order valence-electron chi connectivity index (χ4n) is 2.48. The molecule has 1 atom stereocenters. The van der Waals surface area contributed by atoms with E-state index in [-0.39, 0.29) is 23.1 Å². The second-order valence-electron chi connectivity index (χ2n) is 5.18. The minimum Gasteiger partial charge on any atom is -0.495 e. The molecule has 6 nitrogen and oxygen atoms in total. The molecule has 0 amide bonds. The van der Waals surface area contributed by atoms with Gasteiger partial charge in [0.15, 0.2) is 0 Å². The Labute approximate surface area is 151 Å². The number of methoxy groups -OCH3 is 2. The van der Waals surface area contributed by atoms with Crippen LogP contribution in [0.5, 0.6) is 11.5 Å². The Kier molecular flexibility index (Phi) is 8.09. The Hall–Kier alpha value is -0.540. The van der Waals surface area contributed by atoms with E-state index >= 15 is 0 Å². The van der Waals surface area contributed by atoms with Gasteiger partial charge in [0.1, 0.15) is 16.4 Å². The molecule has 9 heteroatoms. The standard InChI is InChI=1S/C14H21BrN2O4S.ClH/c1-20-12-8-13(21-2)14(7-11(12)15)22(18,19)17-6-4-10-3-5-16-9-10;/h7-8,10,16-17H,3-6,9H2,1-2H3;1H. The zero-order valence-corrected chi connectivity index (χ0v) is 16.3. The number of benzene rings is 1. The molecule has 1 fully saturated rings. The van der Waals surface area contributed by atoms with Crippen molar-refractivity contribution in [1.82, 2.24) is 10.0 Å². The van der Waals surface area contributed by atoms with Gasteiger partial charge in [0.25, 0.3) is 0 Å². The van der Waals surface area contributed by atoms with Gasteiger partial charge in [-0.15, -0.1) is 12.4 Å². The van der Waals surface area contributed by atoms with E-state index in [0.717, 1.165) is 25.9 Å². The number of hydrogen-bond acceptors (Lipinski definition) is 5. The molecule has 0 radical (unpaired) electrons. The summed E-state index contributed by atoms with van der Waals surface area (Å²) in [5.74, 6) is 1.31. The van der Waals surface area contributed by atoms with Crippen LogP contribution in [0.2, 0.25) is 0 Å². The molecule has 2 rings (SSSR count). The third kappa shape index (κ3) is 5.22. The first-order valence-electron chi connectivity index (χ1n) is 7.10. The van der Waals surface area contributed by atoms with Crippen molar-refractivity contribution in [1.29, 1.82) is 0 Å². The topological polar surface area (TPSA) is 76.7 Å². The van der Waals surface area contributed by atoms with Gasteiger partial charge in [-0.3, -0.25) is 0 Å². The van der Waals surface area contributed by atoms with Gasteiger partial charge < -0.3 is 14.8 Å². The smallest absolute Gasteiger partial charge is 0.244 e. The third-order valence-electron chi connectivity index (χ3n) is 3.73. The van der Waals surface area contributed by atoms with Gasteiger partial charge in [-0.05, 0) is 53.8 Å². The Morgan fingerprint density at radius 1 is 1.30 bits per heavy atom. The second kappa shape index (κ2) is 9.08. The normalized spacial score (nSPS) is 17.6. The van der Waals surface area contributed by atoms with Gasteiger partial charge in [-0.1, -0.05) is 0 Å². The molecule has 1 saturated heterocycles. The highest BCUT2D eigenvalue weighted by Crippen LogP contribution is 2.35. The van der Waals surface area contributed by atoms with Crippen LogP contribution in [0.15, 0.2) is 21.5 Å². The van der Waals surface area contributed by atoms with Crippen LogP contribution in [0.25, 0.3) is 0 Å². The van der Waals surface area contributed by atoms with E-state index in [1.165, 1.54) is 20.3 Å². The number of sulfonamides is 1. The second-order valence-corrected chi connectivity index (χ2v) is 7.77. The van der Waals surface area contributed by atoms with E-state index in [1.54, 1.807) is 6.07 Å². The van der Waals surface area contributed by atoms with Gasteiger partial charge in [-0.25, -0.2) is 13.1 Å². The first-order chi connectivity index (χ1) is 10.5. The molecule has 23 heavy (non-hydrogen) atoms. The highest BCUT2D eigenvalue weighted by molar-refractivity contribution is 9.10. The van der Waals surface area contributed by atoms with Crippen LogP contribution in [0.1, 0.15) is 12.8 Å².